The average Bonchev–Trinajstić information content (AvgIpc) is 2.92. The van der Waals surface area contributed by atoms with E-state index in [9.17, 15) is 13.2 Å². The second-order valence-corrected chi connectivity index (χ2v) is 5.26. The number of hydrogen-bond acceptors (Lipinski definition) is 5. The van der Waals surface area contributed by atoms with Crippen LogP contribution in [0.3, 0.4) is 0 Å². The van der Waals surface area contributed by atoms with Crippen molar-refractivity contribution < 1.29 is 22.3 Å². The third kappa shape index (κ3) is 5.81. The van der Waals surface area contributed by atoms with Crippen LogP contribution in [0.25, 0.3) is 11.5 Å². The lowest BCUT2D eigenvalue weighted by atomic mass is 10.2. The molecule has 0 fully saturated rings. The molecule has 1 aromatic heterocycles. The van der Waals surface area contributed by atoms with Gasteiger partial charge in [-0.25, -0.2) is 0 Å². The summed E-state index contributed by atoms with van der Waals surface area (Å²) in [6.07, 6.45) is -4.31. The summed E-state index contributed by atoms with van der Waals surface area (Å²) in [5, 5.41) is 8.20. The zero-order valence-corrected chi connectivity index (χ0v) is 13.1. The first kappa shape index (κ1) is 17.7. The number of halogens is 4. The highest BCUT2D eigenvalue weighted by molar-refractivity contribution is 6.30. The molecule has 0 aliphatic rings. The van der Waals surface area contributed by atoms with Crippen molar-refractivity contribution in [1.29, 1.82) is 0 Å². The minimum atomic E-state index is -4.31. The van der Waals surface area contributed by atoms with Gasteiger partial charge in [0.25, 0.3) is 0 Å². The van der Waals surface area contributed by atoms with Gasteiger partial charge < -0.3 is 9.15 Å². The van der Waals surface area contributed by atoms with Gasteiger partial charge in [-0.3, -0.25) is 4.90 Å². The lowest BCUT2D eigenvalue weighted by Crippen LogP contribution is -2.36. The third-order valence-electron chi connectivity index (χ3n) is 2.93. The highest BCUT2D eigenvalue weighted by atomic mass is 35.5. The molecular formula is C14H15ClF3N3O2. The maximum Gasteiger partial charge on any atom is 0.401 e. The molecule has 0 bridgehead atoms. The first-order valence-corrected chi connectivity index (χ1v) is 7.11. The molecule has 5 nitrogen and oxygen atoms in total. The molecule has 23 heavy (non-hydrogen) atoms. The molecule has 0 aliphatic carbocycles. The van der Waals surface area contributed by atoms with E-state index >= 15 is 0 Å². The summed E-state index contributed by atoms with van der Waals surface area (Å²) in [7, 11) is 1.43. The van der Waals surface area contributed by atoms with Gasteiger partial charge in [0, 0.05) is 24.2 Å². The van der Waals surface area contributed by atoms with Crippen LogP contribution in [0.4, 0.5) is 13.2 Å². The van der Waals surface area contributed by atoms with Crippen molar-refractivity contribution in [2.75, 3.05) is 26.8 Å². The van der Waals surface area contributed by atoms with Crippen molar-refractivity contribution in [3.05, 3.63) is 35.2 Å². The van der Waals surface area contributed by atoms with Crippen LogP contribution in [0, 0.1) is 0 Å². The van der Waals surface area contributed by atoms with Gasteiger partial charge in [-0.2, -0.15) is 13.2 Å². The van der Waals surface area contributed by atoms with Gasteiger partial charge in [-0.1, -0.05) is 11.6 Å². The number of methoxy groups -OCH3 is 1. The molecule has 0 aliphatic heterocycles. The topological polar surface area (TPSA) is 51.4 Å². The predicted molar refractivity (Wildman–Crippen MR) is 78.0 cm³/mol. The molecular weight excluding hydrogens is 335 g/mol. The molecule has 2 aromatic rings. The molecule has 0 saturated heterocycles. The number of alkyl halides is 3. The fourth-order valence-corrected chi connectivity index (χ4v) is 2.03. The van der Waals surface area contributed by atoms with Crippen LogP contribution in [0.1, 0.15) is 5.89 Å². The predicted octanol–water partition coefficient (Wildman–Crippen LogP) is 3.40. The number of hydrogen-bond donors (Lipinski definition) is 0. The van der Waals surface area contributed by atoms with Crippen LogP contribution in [0.2, 0.25) is 5.02 Å². The largest absolute Gasteiger partial charge is 0.419 e. The van der Waals surface area contributed by atoms with Gasteiger partial charge >= 0.3 is 6.18 Å². The second-order valence-electron chi connectivity index (χ2n) is 4.83. The monoisotopic (exact) mass is 349 g/mol. The van der Waals surface area contributed by atoms with Crippen molar-refractivity contribution in [1.82, 2.24) is 15.1 Å². The molecule has 0 atom stereocenters. The van der Waals surface area contributed by atoms with Gasteiger partial charge in [0.05, 0.1) is 19.7 Å². The Bertz CT molecular complexity index is 616. The zero-order chi connectivity index (χ0) is 16.9. The van der Waals surface area contributed by atoms with E-state index in [2.05, 4.69) is 10.2 Å². The molecule has 0 saturated carbocycles. The molecule has 0 radical (unpaired) electrons. The van der Waals surface area contributed by atoms with Gasteiger partial charge in [-0.05, 0) is 24.3 Å². The fraction of sp³-hybridized carbons (Fsp3) is 0.429. The van der Waals surface area contributed by atoms with E-state index in [4.69, 9.17) is 20.8 Å². The van der Waals surface area contributed by atoms with E-state index < -0.39 is 12.7 Å². The van der Waals surface area contributed by atoms with E-state index in [0.717, 1.165) is 4.90 Å². The number of rotatable bonds is 7. The van der Waals surface area contributed by atoms with Crippen LogP contribution in [0.5, 0.6) is 0 Å². The van der Waals surface area contributed by atoms with Gasteiger partial charge in [-0.15, -0.1) is 10.2 Å². The standard InChI is InChI=1S/C14H15ClF3N3O2/c1-22-7-6-21(9-14(16,17)18)8-12-19-20-13(23-12)10-2-4-11(15)5-3-10/h2-5H,6-9H2,1H3. The van der Waals surface area contributed by atoms with Gasteiger partial charge in [0.15, 0.2) is 0 Å². The summed E-state index contributed by atoms with van der Waals surface area (Å²) in [5.74, 6) is 0.339. The maximum absolute atomic E-state index is 12.6. The Hall–Kier alpha value is -1.64. The molecule has 9 heteroatoms. The quantitative estimate of drug-likeness (QED) is 0.766. The normalized spacial score (nSPS) is 12.1. The minimum absolute atomic E-state index is 0.106. The van der Waals surface area contributed by atoms with Crippen molar-refractivity contribution in [2.24, 2.45) is 0 Å². The summed E-state index contributed by atoms with van der Waals surface area (Å²) in [5.41, 5.74) is 0.646. The third-order valence-corrected chi connectivity index (χ3v) is 3.18. The van der Waals surface area contributed by atoms with E-state index in [-0.39, 0.29) is 31.5 Å². The SMILES string of the molecule is COCCN(Cc1nnc(-c2ccc(Cl)cc2)o1)CC(F)(F)F. The molecule has 126 valence electrons. The average molecular weight is 350 g/mol. The van der Waals surface area contributed by atoms with Gasteiger partial charge in [0.2, 0.25) is 11.8 Å². The molecule has 1 aromatic carbocycles. The first-order chi connectivity index (χ1) is 10.9. The van der Waals surface area contributed by atoms with Crippen LogP contribution in [-0.4, -0.2) is 48.1 Å². The molecule has 0 spiro atoms. The maximum atomic E-state index is 12.6. The van der Waals surface area contributed by atoms with Crippen molar-refractivity contribution in [2.45, 2.75) is 12.7 Å². The summed E-state index contributed by atoms with van der Waals surface area (Å²) in [6, 6.07) is 6.71. The second kappa shape index (κ2) is 7.76. The van der Waals surface area contributed by atoms with E-state index in [1.807, 2.05) is 0 Å². The first-order valence-electron chi connectivity index (χ1n) is 6.74. The Labute approximate surface area is 136 Å². The van der Waals surface area contributed by atoms with Crippen LogP contribution < -0.4 is 0 Å². The lowest BCUT2D eigenvalue weighted by molar-refractivity contribution is -0.148. The Balaban J connectivity index is 2.06. The summed E-state index contributed by atoms with van der Waals surface area (Å²) >= 11 is 5.79. The van der Waals surface area contributed by atoms with Crippen LogP contribution >= 0.6 is 11.6 Å². The van der Waals surface area contributed by atoms with E-state index in [1.165, 1.54) is 7.11 Å². The molecule has 0 N–H and O–H groups in total. The molecule has 0 amide bonds. The van der Waals surface area contributed by atoms with Crippen molar-refractivity contribution in [3.8, 4) is 11.5 Å². The van der Waals surface area contributed by atoms with Crippen molar-refractivity contribution in [3.63, 3.8) is 0 Å². The van der Waals surface area contributed by atoms with Crippen LogP contribution in [0.15, 0.2) is 28.7 Å². The Kier molecular flexibility index (Phi) is 5.97. The van der Waals surface area contributed by atoms with E-state index in [0.29, 0.717) is 10.6 Å². The molecule has 1 heterocycles. The highest BCUT2D eigenvalue weighted by Crippen LogP contribution is 2.22. The summed E-state index contributed by atoms with van der Waals surface area (Å²) < 4.78 is 48.0. The Morgan fingerprint density at radius 2 is 1.91 bits per heavy atom. The number of aromatic nitrogens is 2. The smallest absolute Gasteiger partial charge is 0.401 e. The minimum Gasteiger partial charge on any atom is -0.419 e. The fourth-order valence-electron chi connectivity index (χ4n) is 1.91. The zero-order valence-electron chi connectivity index (χ0n) is 12.3. The summed E-state index contributed by atoms with van der Waals surface area (Å²) in [6.45, 7) is -0.901. The molecule has 0 unspecified atom stereocenters. The molecule has 2 rings (SSSR count). The Morgan fingerprint density at radius 1 is 1.22 bits per heavy atom. The number of nitrogens with zero attached hydrogens (tertiary/aromatic N) is 3. The Morgan fingerprint density at radius 3 is 2.52 bits per heavy atom. The van der Waals surface area contributed by atoms with Crippen molar-refractivity contribution >= 4 is 11.6 Å². The number of benzene rings is 1. The van der Waals surface area contributed by atoms with Crippen LogP contribution in [-0.2, 0) is 11.3 Å². The summed E-state index contributed by atoms with van der Waals surface area (Å²) in [4.78, 5) is 1.14. The number of ether oxygens (including phenoxy) is 1. The van der Waals surface area contributed by atoms with Gasteiger partial charge in [0.1, 0.15) is 0 Å². The lowest BCUT2D eigenvalue weighted by Gasteiger charge is -2.21. The van der Waals surface area contributed by atoms with E-state index in [1.54, 1.807) is 24.3 Å². The highest BCUT2D eigenvalue weighted by Gasteiger charge is 2.31.